The first-order valence-electron chi connectivity index (χ1n) is 8.61. The minimum Gasteiger partial charge on any atom is -0.497 e. The van der Waals surface area contributed by atoms with Gasteiger partial charge in [-0.3, -0.25) is 0 Å². The zero-order chi connectivity index (χ0) is 19.4. The van der Waals surface area contributed by atoms with Gasteiger partial charge in [0.2, 0.25) is 10.0 Å². The van der Waals surface area contributed by atoms with E-state index in [1.165, 1.54) is 24.6 Å². The van der Waals surface area contributed by atoms with E-state index in [1.54, 1.807) is 19.2 Å². The van der Waals surface area contributed by atoms with Crippen molar-refractivity contribution in [3.05, 3.63) is 42.5 Å². The molecular weight excluding hydrogens is 368 g/mol. The van der Waals surface area contributed by atoms with Crippen molar-refractivity contribution in [1.82, 2.24) is 4.31 Å². The average Bonchev–Trinajstić information content (AvgIpc) is 2.73. The molecule has 0 radical (unpaired) electrons. The third-order valence-corrected chi connectivity index (χ3v) is 6.59. The second-order valence-electron chi connectivity index (χ2n) is 6.08. The minimum atomic E-state index is -3.66. The SMILES string of the molecule is COc1ccc(S(=O)(=O)N2CCN(c3ccccc3OC)CC2)c(OC)c1. The van der Waals surface area contributed by atoms with Gasteiger partial charge in [-0.15, -0.1) is 0 Å². The Balaban J connectivity index is 1.79. The minimum absolute atomic E-state index is 0.150. The van der Waals surface area contributed by atoms with Crippen molar-refractivity contribution in [2.24, 2.45) is 0 Å². The number of rotatable bonds is 6. The van der Waals surface area contributed by atoms with Crippen molar-refractivity contribution in [2.75, 3.05) is 52.4 Å². The lowest BCUT2D eigenvalue weighted by Gasteiger charge is -2.36. The smallest absolute Gasteiger partial charge is 0.246 e. The third-order valence-electron chi connectivity index (χ3n) is 4.65. The fourth-order valence-corrected chi connectivity index (χ4v) is 4.75. The van der Waals surface area contributed by atoms with E-state index in [-0.39, 0.29) is 10.6 Å². The molecule has 1 aliphatic rings. The Morgan fingerprint density at radius 3 is 2.11 bits per heavy atom. The number of para-hydroxylation sites is 2. The first kappa shape index (κ1) is 19.3. The summed E-state index contributed by atoms with van der Waals surface area (Å²) in [6, 6.07) is 12.5. The van der Waals surface area contributed by atoms with E-state index in [0.717, 1.165) is 11.4 Å². The van der Waals surface area contributed by atoms with Crippen LogP contribution in [0, 0.1) is 0 Å². The van der Waals surface area contributed by atoms with Gasteiger partial charge in [0.05, 0.1) is 27.0 Å². The number of anilines is 1. The molecule has 2 aromatic carbocycles. The molecule has 2 aromatic rings. The standard InChI is InChI=1S/C19H24N2O5S/c1-24-15-8-9-19(18(14-15)26-3)27(22,23)21-12-10-20(11-13-21)16-6-4-5-7-17(16)25-2/h4-9,14H,10-13H2,1-3H3. The number of hydrogen-bond acceptors (Lipinski definition) is 6. The van der Waals surface area contributed by atoms with Crippen molar-refractivity contribution in [3.63, 3.8) is 0 Å². The van der Waals surface area contributed by atoms with Gasteiger partial charge >= 0.3 is 0 Å². The van der Waals surface area contributed by atoms with Gasteiger partial charge in [0, 0.05) is 32.2 Å². The molecule has 1 saturated heterocycles. The lowest BCUT2D eigenvalue weighted by atomic mass is 10.2. The van der Waals surface area contributed by atoms with E-state index >= 15 is 0 Å². The molecule has 8 heteroatoms. The number of hydrogen-bond donors (Lipinski definition) is 0. The molecule has 0 N–H and O–H groups in total. The maximum atomic E-state index is 13.1. The predicted molar refractivity (Wildman–Crippen MR) is 104 cm³/mol. The maximum Gasteiger partial charge on any atom is 0.246 e. The molecule has 0 amide bonds. The molecule has 0 aliphatic carbocycles. The van der Waals surface area contributed by atoms with Gasteiger partial charge in [0.1, 0.15) is 22.1 Å². The molecule has 0 atom stereocenters. The largest absolute Gasteiger partial charge is 0.497 e. The fourth-order valence-electron chi connectivity index (χ4n) is 3.19. The van der Waals surface area contributed by atoms with Crippen LogP contribution in [0.25, 0.3) is 0 Å². The van der Waals surface area contributed by atoms with Crippen molar-refractivity contribution in [2.45, 2.75) is 4.90 Å². The molecule has 0 spiro atoms. The number of methoxy groups -OCH3 is 3. The zero-order valence-electron chi connectivity index (χ0n) is 15.7. The maximum absolute atomic E-state index is 13.1. The van der Waals surface area contributed by atoms with Crippen LogP contribution in [0.4, 0.5) is 5.69 Å². The zero-order valence-corrected chi connectivity index (χ0v) is 16.5. The summed E-state index contributed by atoms with van der Waals surface area (Å²) >= 11 is 0. The summed E-state index contributed by atoms with van der Waals surface area (Å²) in [6.07, 6.45) is 0. The van der Waals surface area contributed by atoms with Crippen molar-refractivity contribution in [3.8, 4) is 17.2 Å². The van der Waals surface area contributed by atoms with Gasteiger partial charge in [0.25, 0.3) is 0 Å². The molecule has 0 bridgehead atoms. The highest BCUT2D eigenvalue weighted by Crippen LogP contribution is 2.32. The van der Waals surface area contributed by atoms with Crippen LogP contribution in [0.15, 0.2) is 47.4 Å². The van der Waals surface area contributed by atoms with Gasteiger partial charge in [-0.2, -0.15) is 4.31 Å². The first-order valence-corrected chi connectivity index (χ1v) is 10.1. The summed E-state index contributed by atoms with van der Waals surface area (Å²) in [5.74, 6) is 1.61. The summed E-state index contributed by atoms with van der Waals surface area (Å²) in [4.78, 5) is 2.28. The van der Waals surface area contributed by atoms with Gasteiger partial charge in [-0.1, -0.05) is 12.1 Å². The predicted octanol–water partition coefficient (Wildman–Crippen LogP) is 2.22. The van der Waals surface area contributed by atoms with Crippen LogP contribution in [0.2, 0.25) is 0 Å². The lowest BCUT2D eigenvalue weighted by Crippen LogP contribution is -2.48. The number of nitrogens with zero attached hydrogens (tertiary/aromatic N) is 2. The Morgan fingerprint density at radius 2 is 1.48 bits per heavy atom. The van der Waals surface area contributed by atoms with E-state index < -0.39 is 10.0 Å². The second kappa shape index (κ2) is 8.06. The normalized spacial score (nSPS) is 15.4. The van der Waals surface area contributed by atoms with Crippen molar-refractivity contribution >= 4 is 15.7 Å². The van der Waals surface area contributed by atoms with Crippen LogP contribution in [0.1, 0.15) is 0 Å². The van der Waals surface area contributed by atoms with Crippen molar-refractivity contribution in [1.29, 1.82) is 0 Å². The lowest BCUT2D eigenvalue weighted by molar-refractivity contribution is 0.367. The summed E-state index contributed by atoms with van der Waals surface area (Å²) in [7, 11) is 0.958. The van der Waals surface area contributed by atoms with E-state index in [0.29, 0.717) is 31.9 Å². The van der Waals surface area contributed by atoms with Crippen LogP contribution in [-0.4, -0.2) is 60.2 Å². The first-order chi connectivity index (χ1) is 13.0. The number of ether oxygens (including phenoxy) is 3. The van der Waals surface area contributed by atoms with Crippen LogP contribution < -0.4 is 19.1 Å². The highest BCUT2D eigenvalue weighted by Gasteiger charge is 2.31. The molecule has 1 aliphatic heterocycles. The number of piperazine rings is 1. The van der Waals surface area contributed by atoms with E-state index in [9.17, 15) is 8.42 Å². The summed E-state index contributed by atoms with van der Waals surface area (Å²) in [5.41, 5.74) is 0.971. The monoisotopic (exact) mass is 392 g/mol. The van der Waals surface area contributed by atoms with Gasteiger partial charge in [-0.25, -0.2) is 8.42 Å². The quantitative estimate of drug-likeness (QED) is 0.751. The Labute approximate surface area is 160 Å². The Morgan fingerprint density at radius 1 is 0.815 bits per heavy atom. The summed E-state index contributed by atoms with van der Waals surface area (Å²) in [5, 5.41) is 0. The molecule has 3 rings (SSSR count). The summed E-state index contributed by atoms with van der Waals surface area (Å²) < 4.78 is 43.5. The molecule has 0 unspecified atom stereocenters. The topological polar surface area (TPSA) is 68.3 Å². The molecule has 27 heavy (non-hydrogen) atoms. The summed E-state index contributed by atoms with van der Waals surface area (Å²) in [6.45, 7) is 1.93. The van der Waals surface area contributed by atoms with Gasteiger partial charge < -0.3 is 19.1 Å². The van der Waals surface area contributed by atoms with Crippen LogP contribution in [-0.2, 0) is 10.0 Å². The van der Waals surface area contributed by atoms with Crippen molar-refractivity contribution < 1.29 is 22.6 Å². The molecule has 1 heterocycles. The third kappa shape index (κ3) is 3.81. The highest BCUT2D eigenvalue weighted by atomic mass is 32.2. The van der Waals surface area contributed by atoms with Gasteiger partial charge in [0.15, 0.2) is 0 Å². The molecule has 0 saturated carbocycles. The molecule has 146 valence electrons. The highest BCUT2D eigenvalue weighted by molar-refractivity contribution is 7.89. The molecule has 7 nitrogen and oxygen atoms in total. The van der Waals surface area contributed by atoms with Crippen LogP contribution in [0.5, 0.6) is 17.2 Å². The van der Waals surface area contributed by atoms with Crippen LogP contribution in [0.3, 0.4) is 0 Å². The van der Waals surface area contributed by atoms with E-state index in [2.05, 4.69) is 4.90 Å². The van der Waals surface area contributed by atoms with E-state index in [4.69, 9.17) is 14.2 Å². The Bertz CT molecular complexity index is 893. The Hall–Kier alpha value is -2.45. The van der Waals surface area contributed by atoms with Crippen LogP contribution >= 0.6 is 0 Å². The molecule has 0 aromatic heterocycles. The number of benzene rings is 2. The number of sulfonamides is 1. The van der Waals surface area contributed by atoms with E-state index in [1.807, 2.05) is 24.3 Å². The molecule has 1 fully saturated rings. The Kier molecular flexibility index (Phi) is 5.76. The fraction of sp³-hybridized carbons (Fsp3) is 0.368. The van der Waals surface area contributed by atoms with Gasteiger partial charge in [-0.05, 0) is 24.3 Å². The molecular formula is C19H24N2O5S. The average molecular weight is 392 g/mol. The second-order valence-corrected chi connectivity index (χ2v) is 7.99.